The molecule has 0 saturated carbocycles. The van der Waals surface area contributed by atoms with Crippen LogP contribution in [-0.2, 0) is 17.9 Å². The Morgan fingerprint density at radius 3 is 2.56 bits per heavy atom. The zero-order chi connectivity index (χ0) is 23.3. The maximum absolute atomic E-state index is 12.7. The highest BCUT2D eigenvalue weighted by atomic mass is 79.9. The number of ether oxygens (including phenoxy) is 2. The Labute approximate surface area is 197 Å². The minimum atomic E-state index is -0.247. The summed E-state index contributed by atoms with van der Waals surface area (Å²) in [5.74, 6) is 1.13. The zero-order valence-corrected chi connectivity index (χ0v) is 20.8. The van der Waals surface area contributed by atoms with Crippen molar-refractivity contribution >= 4 is 27.5 Å². The lowest BCUT2D eigenvalue weighted by Crippen LogP contribution is -2.25. The SMILES string of the molecule is CCOc1ccc(Cn2cc(NC(=O)C(C)Cn3nc(C)c(Br)c3C)cn2)cc1OCC. The van der Waals surface area contributed by atoms with E-state index in [1.165, 1.54) is 0 Å². The van der Waals surface area contributed by atoms with E-state index < -0.39 is 0 Å². The molecule has 0 aliphatic rings. The van der Waals surface area contributed by atoms with Crippen molar-refractivity contribution in [1.82, 2.24) is 19.6 Å². The number of nitrogens with one attached hydrogen (secondary N) is 1. The van der Waals surface area contributed by atoms with Crippen molar-refractivity contribution in [2.45, 2.75) is 47.7 Å². The topological polar surface area (TPSA) is 83.2 Å². The van der Waals surface area contributed by atoms with Crippen LogP contribution in [0.1, 0.15) is 37.7 Å². The Morgan fingerprint density at radius 2 is 1.91 bits per heavy atom. The van der Waals surface area contributed by atoms with Crippen LogP contribution in [0.25, 0.3) is 0 Å². The smallest absolute Gasteiger partial charge is 0.229 e. The molecule has 0 bridgehead atoms. The van der Waals surface area contributed by atoms with Gasteiger partial charge >= 0.3 is 0 Å². The van der Waals surface area contributed by atoms with Crippen molar-refractivity contribution < 1.29 is 14.3 Å². The van der Waals surface area contributed by atoms with E-state index in [1.807, 2.05) is 63.7 Å². The van der Waals surface area contributed by atoms with E-state index in [1.54, 1.807) is 10.9 Å². The second kappa shape index (κ2) is 10.7. The van der Waals surface area contributed by atoms with E-state index in [9.17, 15) is 4.79 Å². The summed E-state index contributed by atoms with van der Waals surface area (Å²) in [6.45, 7) is 11.9. The van der Waals surface area contributed by atoms with Crippen LogP contribution in [0.4, 0.5) is 5.69 Å². The van der Waals surface area contributed by atoms with E-state index in [4.69, 9.17) is 9.47 Å². The summed E-state index contributed by atoms with van der Waals surface area (Å²) in [5, 5.41) is 11.8. The van der Waals surface area contributed by atoms with Crippen LogP contribution in [0.5, 0.6) is 11.5 Å². The first-order chi connectivity index (χ1) is 15.3. The van der Waals surface area contributed by atoms with Crippen LogP contribution < -0.4 is 14.8 Å². The summed E-state index contributed by atoms with van der Waals surface area (Å²) < 4.78 is 15.9. The molecule has 0 saturated heterocycles. The first-order valence-electron chi connectivity index (χ1n) is 10.7. The molecule has 3 rings (SSSR count). The van der Waals surface area contributed by atoms with Gasteiger partial charge < -0.3 is 14.8 Å². The molecule has 0 aliphatic heterocycles. The number of amides is 1. The van der Waals surface area contributed by atoms with Gasteiger partial charge in [0, 0.05) is 11.9 Å². The second-order valence-electron chi connectivity index (χ2n) is 7.63. The van der Waals surface area contributed by atoms with Gasteiger partial charge in [-0.1, -0.05) is 13.0 Å². The molecule has 9 heteroatoms. The number of nitrogens with zero attached hydrogens (tertiary/aromatic N) is 4. The lowest BCUT2D eigenvalue weighted by Gasteiger charge is -2.13. The van der Waals surface area contributed by atoms with E-state index in [0.29, 0.717) is 32.0 Å². The van der Waals surface area contributed by atoms with Crippen molar-refractivity contribution in [3.63, 3.8) is 0 Å². The van der Waals surface area contributed by atoms with Crippen LogP contribution >= 0.6 is 15.9 Å². The van der Waals surface area contributed by atoms with Crippen LogP contribution in [0.3, 0.4) is 0 Å². The number of rotatable bonds is 10. The van der Waals surface area contributed by atoms with E-state index in [2.05, 4.69) is 31.4 Å². The van der Waals surface area contributed by atoms with Crippen molar-refractivity contribution in [3.05, 3.63) is 52.0 Å². The third kappa shape index (κ3) is 5.70. The van der Waals surface area contributed by atoms with E-state index in [-0.39, 0.29) is 11.8 Å². The zero-order valence-electron chi connectivity index (χ0n) is 19.2. The lowest BCUT2D eigenvalue weighted by molar-refractivity contribution is -0.119. The highest BCUT2D eigenvalue weighted by molar-refractivity contribution is 9.10. The van der Waals surface area contributed by atoms with E-state index in [0.717, 1.165) is 32.9 Å². The Kier molecular flexibility index (Phi) is 7.95. The monoisotopic (exact) mass is 503 g/mol. The molecule has 8 nitrogen and oxygen atoms in total. The first-order valence-corrected chi connectivity index (χ1v) is 11.5. The highest BCUT2D eigenvalue weighted by Crippen LogP contribution is 2.29. The second-order valence-corrected chi connectivity index (χ2v) is 8.42. The van der Waals surface area contributed by atoms with Gasteiger partial charge in [-0.05, 0) is 61.3 Å². The molecule has 32 heavy (non-hydrogen) atoms. The number of carbonyl (C=O) groups excluding carboxylic acids is 1. The van der Waals surface area contributed by atoms with Gasteiger partial charge in [0.25, 0.3) is 0 Å². The molecule has 0 fully saturated rings. The Hall–Kier alpha value is -2.81. The number of aryl methyl sites for hydroxylation is 1. The fourth-order valence-corrected chi connectivity index (χ4v) is 3.64. The summed E-state index contributed by atoms with van der Waals surface area (Å²) in [7, 11) is 0. The quantitative estimate of drug-likeness (QED) is 0.437. The molecule has 1 atom stereocenters. The van der Waals surface area contributed by atoms with Gasteiger partial charge in [0.05, 0.1) is 54.3 Å². The molecule has 0 aliphatic carbocycles. The Bertz CT molecular complexity index is 1080. The molecule has 0 spiro atoms. The molecular formula is C23H30BrN5O3. The molecule has 1 aromatic carbocycles. The number of hydrogen-bond acceptors (Lipinski definition) is 5. The average molecular weight is 504 g/mol. The van der Waals surface area contributed by atoms with E-state index >= 15 is 0 Å². The maximum Gasteiger partial charge on any atom is 0.229 e. The molecule has 172 valence electrons. The van der Waals surface area contributed by atoms with Crippen LogP contribution in [-0.4, -0.2) is 38.7 Å². The van der Waals surface area contributed by atoms with Gasteiger partial charge in [0.1, 0.15) is 0 Å². The standard InChI is InChI=1S/C23H30BrN5O3/c1-6-31-20-9-8-18(10-21(20)32-7-2)13-28-14-19(11-25-28)26-23(30)15(3)12-29-17(5)22(24)16(4)27-29/h8-11,14-15H,6-7,12-13H2,1-5H3,(H,26,30). The molecular weight excluding hydrogens is 474 g/mol. The Balaban J connectivity index is 1.62. The summed E-state index contributed by atoms with van der Waals surface area (Å²) in [5.41, 5.74) is 3.61. The number of carbonyl (C=O) groups is 1. The predicted octanol–water partition coefficient (Wildman–Crippen LogP) is 4.58. The largest absolute Gasteiger partial charge is 0.490 e. The van der Waals surface area contributed by atoms with Gasteiger partial charge in [-0.15, -0.1) is 0 Å². The average Bonchev–Trinajstić information content (AvgIpc) is 3.29. The van der Waals surface area contributed by atoms with Gasteiger partial charge in [0.2, 0.25) is 5.91 Å². The van der Waals surface area contributed by atoms with Crippen molar-refractivity contribution in [3.8, 4) is 11.5 Å². The highest BCUT2D eigenvalue weighted by Gasteiger charge is 2.18. The third-order valence-corrected chi connectivity index (χ3v) is 6.19. The van der Waals surface area contributed by atoms with Crippen LogP contribution in [0.2, 0.25) is 0 Å². The first kappa shape index (κ1) is 23.8. The summed E-state index contributed by atoms with van der Waals surface area (Å²) in [4.78, 5) is 12.7. The summed E-state index contributed by atoms with van der Waals surface area (Å²) >= 11 is 3.53. The number of benzene rings is 1. The molecule has 2 heterocycles. The fourth-order valence-electron chi connectivity index (χ4n) is 3.36. The maximum atomic E-state index is 12.7. The van der Waals surface area contributed by atoms with Gasteiger partial charge in [-0.25, -0.2) is 0 Å². The molecule has 0 radical (unpaired) electrons. The molecule has 1 N–H and O–H groups in total. The van der Waals surface area contributed by atoms with Crippen molar-refractivity contribution in [2.75, 3.05) is 18.5 Å². The minimum Gasteiger partial charge on any atom is -0.490 e. The number of hydrogen-bond donors (Lipinski definition) is 1. The number of anilines is 1. The predicted molar refractivity (Wildman–Crippen MR) is 127 cm³/mol. The molecule has 3 aromatic rings. The molecule has 2 aromatic heterocycles. The van der Waals surface area contributed by atoms with Crippen molar-refractivity contribution in [1.29, 1.82) is 0 Å². The van der Waals surface area contributed by atoms with Crippen LogP contribution in [0.15, 0.2) is 35.1 Å². The summed E-state index contributed by atoms with van der Waals surface area (Å²) in [6.07, 6.45) is 3.48. The van der Waals surface area contributed by atoms with Gasteiger partial charge in [0.15, 0.2) is 11.5 Å². The van der Waals surface area contributed by atoms with Crippen molar-refractivity contribution in [2.24, 2.45) is 5.92 Å². The Morgan fingerprint density at radius 1 is 1.19 bits per heavy atom. The lowest BCUT2D eigenvalue weighted by atomic mass is 10.1. The number of aromatic nitrogens is 4. The van der Waals surface area contributed by atoms with Gasteiger partial charge in [-0.3, -0.25) is 14.2 Å². The summed E-state index contributed by atoms with van der Waals surface area (Å²) in [6, 6.07) is 5.86. The normalized spacial score (nSPS) is 11.9. The van der Waals surface area contributed by atoms with Gasteiger partial charge in [-0.2, -0.15) is 10.2 Å². The third-order valence-electron chi connectivity index (χ3n) is 5.04. The number of halogens is 1. The fraction of sp³-hybridized carbons (Fsp3) is 0.435. The van der Waals surface area contributed by atoms with Crippen LogP contribution in [0, 0.1) is 19.8 Å². The molecule has 1 amide bonds. The minimum absolute atomic E-state index is 0.0760. The molecule has 1 unspecified atom stereocenters.